The molecular formula is C14H19BrN2O2. The third-order valence-corrected chi connectivity index (χ3v) is 4.26. The molecule has 5 heteroatoms. The fourth-order valence-electron chi connectivity index (χ4n) is 2.67. The van der Waals surface area contributed by atoms with Gasteiger partial charge in [0.1, 0.15) is 5.69 Å². The van der Waals surface area contributed by atoms with Crippen molar-refractivity contribution in [3.63, 3.8) is 0 Å². The van der Waals surface area contributed by atoms with Gasteiger partial charge in [0.15, 0.2) is 0 Å². The number of halogens is 1. The zero-order valence-corrected chi connectivity index (χ0v) is 12.6. The van der Waals surface area contributed by atoms with Crippen LogP contribution in [0.1, 0.15) is 43.1 Å². The number of aliphatic hydroxyl groups is 1. The molecule has 1 heterocycles. The normalized spacial score (nSPS) is 27.0. The Labute approximate surface area is 121 Å². The number of aromatic nitrogens is 1. The predicted octanol–water partition coefficient (Wildman–Crippen LogP) is 2.52. The second-order valence-electron chi connectivity index (χ2n) is 5.44. The van der Waals surface area contributed by atoms with Gasteiger partial charge in [0.25, 0.3) is 5.91 Å². The van der Waals surface area contributed by atoms with Crippen LogP contribution < -0.4 is 5.32 Å². The fraction of sp³-hybridized carbons (Fsp3) is 0.571. The van der Waals surface area contributed by atoms with Crippen LogP contribution in [0.25, 0.3) is 0 Å². The average Bonchev–Trinajstić information content (AvgIpc) is 2.36. The number of carbonyl (C=O) groups is 1. The van der Waals surface area contributed by atoms with E-state index in [1.807, 2.05) is 0 Å². The fourth-order valence-corrected chi connectivity index (χ4v) is 3.11. The lowest BCUT2D eigenvalue weighted by molar-refractivity contribution is -0.0109. The van der Waals surface area contributed by atoms with Crippen molar-refractivity contribution < 1.29 is 9.90 Å². The minimum absolute atomic E-state index is 0.251. The second-order valence-corrected chi connectivity index (χ2v) is 6.30. The van der Waals surface area contributed by atoms with Crippen LogP contribution in [-0.2, 0) is 0 Å². The molecular weight excluding hydrogens is 308 g/mol. The summed E-state index contributed by atoms with van der Waals surface area (Å²) in [6.45, 7) is 2.43. The Kier molecular flexibility index (Phi) is 4.58. The number of hydrogen-bond donors (Lipinski definition) is 2. The molecule has 19 heavy (non-hydrogen) atoms. The molecule has 1 fully saturated rings. The van der Waals surface area contributed by atoms with Crippen LogP contribution in [0.3, 0.4) is 0 Å². The molecule has 2 atom stereocenters. The first-order valence-electron chi connectivity index (χ1n) is 6.61. The van der Waals surface area contributed by atoms with Crippen LogP contribution in [-0.4, -0.2) is 28.1 Å². The van der Waals surface area contributed by atoms with E-state index in [1.165, 1.54) is 0 Å². The Hall–Kier alpha value is -0.940. The minimum Gasteiger partial charge on any atom is -0.388 e. The standard InChI is InChI=1S/C14H19BrN2O2/c1-10-4-2-6-14(19,8-10)9-17-13(18)12-11(15)5-3-7-16-12/h3,5,7,10,19H,2,4,6,8-9H2,1H3,(H,17,18). The van der Waals surface area contributed by atoms with Crippen LogP contribution in [0, 0.1) is 5.92 Å². The van der Waals surface area contributed by atoms with Gasteiger partial charge in [-0.25, -0.2) is 4.98 Å². The first kappa shape index (κ1) is 14.5. The molecule has 0 aromatic carbocycles. The van der Waals surface area contributed by atoms with Gasteiger partial charge in [-0.05, 0) is 46.8 Å². The number of hydrogen-bond acceptors (Lipinski definition) is 3. The van der Waals surface area contributed by atoms with Crippen LogP contribution in [0.15, 0.2) is 22.8 Å². The second kappa shape index (κ2) is 6.01. The summed E-state index contributed by atoms with van der Waals surface area (Å²) in [4.78, 5) is 16.1. The minimum atomic E-state index is -0.769. The summed E-state index contributed by atoms with van der Waals surface area (Å²) < 4.78 is 0.663. The molecule has 0 bridgehead atoms. The lowest BCUT2D eigenvalue weighted by Gasteiger charge is -2.35. The number of carbonyl (C=O) groups excluding carboxylic acids is 1. The van der Waals surface area contributed by atoms with Crippen LogP contribution in [0.4, 0.5) is 0 Å². The monoisotopic (exact) mass is 326 g/mol. The lowest BCUT2D eigenvalue weighted by atomic mass is 9.79. The van der Waals surface area contributed by atoms with Gasteiger partial charge in [0, 0.05) is 17.2 Å². The van der Waals surface area contributed by atoms with Crippen molar-refractivity contribution in [2.24, 2.45) is 5.92 Å². The van der Waals surface area contributed by atoms with E-state index in [4.69, 9.17) is 0 Å². The summed E-state index contributed by atoms with van der Waals surface area (Å²) in [7, 11) is 0. The highest BCUT2D eigenvalue weighted by molar-refractivity contribution is 9.10. The molecule has 4 nitrogen and oxygen atoms in total. The van der Waals surface area contributed by atoms with Gasteiger partial charge in [-0.3, -0.25) is 4.79 Å². The lowest BCUT2D eigenvalue weighted by Crippen LogP contribution is -2.46. The molecule has 1 saturated carbocycles. The molecule has 2 unspecified atom stereocenters. The van der Waals surface area contributed by atoms with E-state index in [2.05, 4.69) is 33.2 Å². The van der Waals surface area contributed by atoms with E-state index < -0.39 is 5.60 Å². The Morgan fingerprint density at radius 2 is 2.47 bits per heavy atom. The topological polar surface area (TPSA) is 62.2 Å². The van der Waals surface area contributed by atoms with Gasteiger partial charge in [-0.2, -0.15) is 0 Å². The van der Waals surface area contributed by atoms with E-state index in [-0.39, 0.29) is 5.91 Å². The van der Waals surface area contributed by atoms with Gasteiger partial charge >= 0.3 is 0 Å². The SMILES string of the molecule is CC1CCCC(O)(CNC(=O)c2ncccc2Br)C1. The Balaban J connectivity index is 1.95. The third-order valence-electron chi connectivity index (χ3n) is 3.62. The Morgan fingerprint density at radius 1 is 1.68 bits per heavy atom. The highest BCUT2D eigenvalue weighted by Crippen LogP contribution is 2.31. The van der Waals surface area contributed by atoms with Crippen molar-refractivity contribution >= 4 is 21.8 Å². The first-order valence-corrected chi connectivity index (χ1v) is 7.40. The van der Waals surface area contributed by atoms with E-state index in [0.29, 0.717) is 22.6 Å². The maximum Gasteiger partial charge on any atom is 0.271 e. The molecule has 0 saturated heterocycles. The predicted molar refractivity (Wildman–Crippen MR) is 76.9 cm³/mol. The maximum atomic E-state index is 12.0. The van der Waals surface area contributed by atoms with Gasteiger partial charge in [0.2, 0.25) is 0 Å². The van der Waals surface area contributed by atoms with E-state index >= 15 is 0 Å². The summed E-state index contributed by atoms with van der Waals surface area (Å²) in [6, 6.07) is 3.54. The van der Waals surface area contributed by atoms with Crippen LogP contribution in [0.5, 0.6) is 0 Å². The molecule has 2 N–H and O–H groups in total. The molecule has 1 aliphatic carbocycles. The zero-order chi connectivity index (χ0) is 13.9. The molecule has 1 aliphatic rings. The molecule has 1 aromatic rings. The van der Waals surface area contributed by atoms with Crippen molar-refractivity contribution in [2.45, 2.75) is 38.2 Å². The third kappa shape index (κ3) is 3.76. The number of rotatable bonds is 3. The summed E-state index contributed by atoms with van der Waals surface area (Å²) in [5.74, 6) is 0.261. The van der Waals surface area contributed by atoms with Gasteiger partial charge in [-0.15, -0.1) is 0 Å². The molecule has 1 amide bonds. The van der Waals surface area contributed by atoms with E-state index in [1.54, 1.807) is 18.3 Å². The number of amides is 1. The molecule has 0 radical (unpaired) electrons. The van der Waals surface area contributed by atoms with E-state index in [0.717, 1.165) is 25.7 Å². The molecule has 1 aromatic heterocycles. The van der Waals surface area contributed by atoms with Crippen LogP contribution in [0.2, 0.25) is 0 Å². The molecule has 0 spiro atoms. The Morgan fingerprint density at radius 3 is 3.16 bits per heavy atom. The highest BCUT2D eigenvalue weighted by Gasteiger charge is 2.33. The van der Waals surface area contributed by atoms with E-state index in [9.17, 15) is 9.90 Å². The van der Waals surface area contributed by atoms with Gasteiger partial charge in [0.05, 0.1) is 5.60 Å². The summed E-state index contributed by atoms with van der Waals surface area (Å²) in [5, 5.41) is 13.2. The van der Waals surface area contributed by atoms with Crippen molar-refractivity contribution in [2.75, 3.05) is 6.54 Å². The van der Waals surface area contributed by atoms with Gasteiger partial charge in [-0.1, -0.05) is 19.8 Å². The van der Waals surface area contributed by atoms with Crippen LogP contribution >= 0.6 is 15.9 Å². The summed E-state index contributed by atoms with van der Waals surface area (Å²) in [5.41, 5.74) is -0.413. The van der Waals surface area contributed by atoms with Gasteiger partial charge < -0.3 is 10.4 Å². The zero-order valence-electron chi connectivity index (χ0n) is 11.0. The smallest absolute Gasteiger partial charge is 0.271 e. The van der Waals surface area contributed by atoms with Crippen molar-refractivity contribution in [3.8, 4) is 0 Å². The van der Waals surface area contributed by atoms with Crippen molar-refractivity contribution in [1.29, 1.82) is 0 Å². The molecule has 104 valence electrons. The number of nitrogens with one attached hydrogen (secondary N) is 1. The maximum absolute atomic E-state index is 12.0. The molecule has 2 rings (SSSR count). The average molecular weight is 327 g/mol. The van der Waals surface area contributed by atoms with Crippen molar-refractivity contribution in [3.05, 3.63) is 28.5 Å². The Bertz CT molecular complexity index is 467. The largest absolute Gasteiger partial charge is 0.388 e. The summed E-state index contributed by atoms with van der Waals surface area (Å²) >= 11 is 3.30. The number of nitrogens with zero attached hydrogens (tertiary/aromatic N) is 1. The highest BCUT2D eigenvalue weighted by atomic mass is 79.9. The quantitative estimate of drug-likeness (QED) is 0.897. The molecule has 0 aliphatic heterocycles. The first-order chi connectivity index (χ1) is 9.00. The van der Waals surface area contributed by atoms with Crippen molar-refractivity contribution in [1.82, 2.24) is 10.3 Å². The number of pyridine rings is 1. The summed E-state index contributed by atoms with van der Waals surface area (Å²) in [6.07, 6.45) is 5.25.